The molecule has 0 aromatic carbocycles. The van der Waals surface area contributed by atoms with Gasteiger partial charge in [0.1, 0.15) is 0 Å². The van der Waals surface area contributed by atoms with E-state index in [0.717, 1.165) is 18.9 Å². The summed E-state index contributed by atoms with van der Waals surface area (Å²) in [5, 5.41) is 0. The first kappa shape index (κ1) is 10.9. The Bertz CT molecular complexity index is 238. The summed E-state index contributed by atoms with van der Waals surface area (Å²) < 4.78 is 0. The van der Waals surface area contributed by atoms with Gasteiger partial charge < -0.3 is 10.6 Å². The van der Waals surface area contributed by atoms with E-state index >= 15 is 0 Å². The lowest BCUT2D eigenvalue weighted by atomic mass is 10.1. The summed E-state index contributed by atoms with van der Waals surface area (Å²) in [5.74, 6) is 1.64. The highest BCUT2D eigenvalue weighted by molar-refractivity contribution is 5.79. The zero-order valence-electron chi connectivity index (χ0n) is 9.61. The topological polar surface area (TPSA) is 46.3 Å². The standard InChI is InChI=1S/C12H22N2O/c1-2-11(5-9-3-4-9)14-8-10(7-13)6-12(14)15/h9-11H,2-8,13H2,1H3. The van der Waals surface area contributed by atoms with Crippen LogP contribution >= 0.6 is 0 Å². The van der Waals surface area contributed by atoms with Crippen LogP contribution in [0.3, 0.4) is 0 Å². The molecular weight excluding hydrogens is 188 g/mol. The number of rotatable bonds is 5. The summed E-state index contributed by atoms with van der Waals surface area (Å²) in [5.41, 5.74) is 5.63. The number of hydrogen-bond donors (Lipinski definition) is 1. The van der Waals surface area contributed by atoms with Gasteiger partial charge in [0.05, 0.1) is 0 Å². The van der Waals surface area contributed by atoms with Crippen LogP contribution in [0.2, 0.25) is 0 Å². The molecule has 0 aromatic heterocycles. The molecule has 2 rings (SSSR count). The van der Waals surface area contributed by atoms with Gasteiger partial charge in [-0.25, -0.2) is 0 Å². The fraction of sp³-hybridized carbons (Fsp3) is 0.917. The SMILES string of the molecule is CCC(CC1CC1)N1CC(CN)CC1=O. The lowest BCUT2D eigenvalue weighted by Crippen LogP contribution is -2.37. The lowest BCUT2D eigenvalue weighted by molar-refractivity contribution is -0.129. The molecule has 2 aliphatic rings. The predicted molar refractivity (Wildman–Crippen MR) is 60.3 cm³/mol. The first-order valence-corrected chi connectivity index (χ1v) is 6.24. The molecule has 0 radical (unpaired) electrons. The molecule has 2 unspecified atom stereocenters. The first-order valence-electron chi connectivity index (χ1n) is 6.24. The normalized spacial score (nSPS) is 28.5. The summed E-state index contributed by atoms with van der Waals surface area (Å²) in [7, 11) is 0. The minimum absolute atomic E-state index is 0.331. The fourth-order valence-electron chi connectivity index (χ4n) is 2.57. The van der Waals surface area contributed by atoms with Crippen LogP contribution in [0.1, 0.15) is 39.0 Å². The van der Waals surface area contributed by atoms with E-state index in [1.807, 2.05) is 0 Å². The van der Waals surface area contributed by atoms with E-state index in [4.69, 9.17) is 5.73 Å². The van der Waals surface area contributed by atoms with Gasteiger partial charge in [-0.1, -0.05) is 19.8 Å². The third-order valence-electron chi connectivity index (χ3n) is 3.79. The van der Waals surface area contributed by atoms with Crippen LogP contribution in [0, 0.1) is 11.8 Å². The molecule has 15 heavy (non-hydrogen) atoms. The number of carbonyl (C=O) groups excluding carboxylic acids is 1. The van der Waals surface area contributed by atoms with Gasteiger partial charge in [0.15, 0.2) is 0 Å². The molecule has 3 nitrogen and oxygen atoms in total. The van der Waals surface area contributed by atoms with Gasteiger partial charge in [-0.15, -0.1) is 0 Å². The molecule has 1 aliphatic carbocycles. The minimum atomic E-state index is 0.331. The average molecular weight is 210 g/mol. The van der Waals surface area contributed by atoms with Crippen LogP contribution in [0.5, 0.6) is 0 Å². The van der Waals surface area contributed by atoms with Crippen molar-refractivity contribution in [2.75, 3.05) is 13.1 Å². The minimum Gasteiger partial charge on any atom is -0.339 e. The molecule has 2 atom stereocenters. The van der Waals surface area contributed by atoms with Gasteiger partial charge in [0, 0.05) is 19.0 Å². The molecule has 1 saturated heterocycles. The Hall–Kier alpha value is -0.570. The van der Waals surface area contributed by atoms with Crippen molar-refractivity contribution in [3.05, 3.63) is 0 Å². The molecule has 1 saturated carbocycles. The van der Waals surface area contributed by atoms with E-state index in [9.17, 15) is 4.79 Å². The van der Waals surface area contributed by atoms with Gasteiger partial charge in [0.2, 0.25) is 5.91 Å². The van der Waals surface area contributed by atoms with Gasteiger partial charge in [-0.3, -0.25) is 4.79 Å². The van der Waals surface area contributed by atoms with E-state index in [0.29, 0.717) is 30.8 Å². The van der Waals surface area contributed by atoms with Crippen molar-refractivity contribution in [2.45, 2.75) is 45.1 Å². The zero-order chi connectivity index (χ0) is 10.8. The highest BCUT2D eigenvalue weighted by Gasteiger charge is 2.35. The number of hydrogen-bond acceptors (Lipinski definition) is 2. The van der Waals surface area contributed by atoms with Gasteiger partial charge in [-0.2, -0.15) is 0 Å². The number of nitrogens with zero attached hydrogens (tertiary/aromatic N) is 1. The monoisotopic (exact) mass is 210 g/mol. The van der Waals surface area contributed by atoms with Crippen LogP contribution in [0.15, 0.2) is 0 Å². The molecule has 2 N–H and O–H groups in total. The smallest absolute Gasteiger partial charge is 0.223 e. The van der Waals surface area contributed by atoms with Crippen LogP contribution in [0.25, 0.3) is 0 Å². The van der Waals surface area contributed by atoms with E-state index in [2.05, 4.69) is 11.8 Å². The zero-order valence-corrected chi connectivity index (χ0v) is 9.61. The fourth-order valence-corrected chi connectivity index (χ4v) is 2.57. The van der Waals surface area contributed by atoms with Crippen LogP contribution < -0.4 is 5.73 Å². The third kappa shape index (κ3) is 2.51. The highest BCUT2D eigenvalue weighted by atomic mass is 16.2. The predicted octanol–water partition coefficient (Wildman–Crippen LogP) is 1.37. The Labute approximate surface area is 92.0 Å². The van der Waals surface area contributed by atoms with Crippen molar-refractivity contribution in [3.8, 4) is 0 Å². The Balaban J connectivity index is 1.91. The average Bonchev–Trinajstić information content (AvgIpc) is 2.98. The number of likely N-dealkylation sites (tertiary alicyclic amines) is 1. The maximum atomic E-state index is 11.8. The second-order valence-electron chi connectivity index (χ2n) is 5.09. The van der Waals surface area contributed by atoms with E-state index < -0.39 is 0 Å². The summed E-state index contributed by atoms with van der Waals surface area (Å²) in [6, 6.07) is 0.488. The molecule has 0 aromatic rings. The summed E-state index contributed by atoms with van der Waals surface area (Å²) in [6.45, 7) is 3.75. The van der Waals surface area contributed by atoms with Crippen LogP contribution in [-0.2, 0) is 4.79 Å². The molecule has 1 aliphatic heterocycles. The largest absolute Gasteiger partial charge is 0.339 e. The maximum absolute atomic E-state index is 11.8. The van der Waals surface area contributed by atoms with Crippen molar-refractivity contribution in [3.63, 3.8) is 0 Å². The summed E-state index contributed by atoms with van der Waals surface area (Å²) in [4.78, 5) is 13.9. The van der Waals surface area contributed by atoms with Crippen molar-refractivity contribution in [1.82, 2.24) is 4.90 Å². The van der Waals surface area contributed by atoms with Gasteiger partial charge in [0.25, 0.3) is 0 Å². The highest BCUT2D eigenvalue weighted by Crippen LogP contribution is 2.36. The van der Waals surface area contributed by atoms with Crippen LogP contribution in [-0.4, -0.2) is 29.9 Å². The molecule has 3 heteroatoms. The Morgan fingerprint density at radius 1 is 1.47 bits per heavy atom. The second kappa shape index (κ2) is 4.52. The molecular formula is C12H22N2O. The molecule has 1 heterocycles. The lowest BCUT2D eigenvalue weighted by Gasteiger charge is -2.27. The second-order valence-corrected chi connectivity index (χ2v) is 5.09. The molecule has 2 fully saturated rings. The quantitative estimate of drug-likeness (QED) is 0.745. The van der Waals surface area contributed by atoms with Gasteiger partial charge in [-0.05, 0) is 31.2 Å². The molecule has 86 valence electrons. The maximum Gasteiger partial charge on any atom is 0.223 e. The molecule has 1 amide bonds. The van der Waals surface area contributed by atoms with Crippen molar-refractivity contribution >= 4 is 5.91 Å². The Morgan fingerprint density at radius 3 is 2.67 bits per heavy atom. The van der Waals surface area contributed by atoms with E-state index in [1.54, 1.807) is 0 Å². The Kier molecular flexibility index (Phi) is 3.29. The van der Waals surface area contributed by atoms with Crippen molar-refractivity contribution in [1.29, 1.82) is 0 Å². The van der Waals surface area contributed by atoms with Gasteiger partial charge >= 0.3 is 0 Å². The Morgan fingerprint density at radius 2 is 2.20 bits per heavy atom. The third-order valence-corrected chi connectivity index (χ3v) is 3.79. The first-order chi connectivity index (χ1) is 7.24. The molecule has 0 bridgehead atoms. The number of carbonyl (C=O) groups is 1. The molecule has 0 spiro atoms. The van der Waals surface area contributed by atoms with Crippen molar-refractivity contribution in [2.24, 2.45) is 17.6 Å². The van der Waals surface area contributed by atoms with Crippen LogP contribution in [0.4, 0.5) is 0 Å². The van der Waals surface area contributed by atoms with E-state index in [-0.39, 0.29) is 0 Å². The summed E-state index contributed by atoms with van der Waals surface area (Å²) in [6.07, 6.45) is 5.74. The number of nitrogens with two attached hydrogens (primary N) is 1. The van der Waals surface area contributed by atoms with Crippen molar-refractivity contribution < 1.29 is 4.79 Å². The van der Waals surface area contributed by atoms with E-state index in [1.165, 1.54) is 19.3 Å². The number of amides is 1. The summed E-state index contributed by atoms with van der Waals surface area (Å²) >= 11 is 0.